The predicted octanol–water partition coefficient (Wildman–Crippen LogP) is 3.67. The first kappa shape index (κ1) is 39.3. The smallest absolute Gasteiger partial charge is 0.311 e. The summed E-state index contributed by atoms with van der Waals surface area (Å²) in [5, 5.41) is 22.5. The Hall–Kier alpha value is -0.930. The van der Waals surface area contributed by atoms with Gasteiger partial charge in [0.1, 0.15) is 23.9 Å². The Bertz CT molecular complexity index is 1160. The van der Waals surface area contributed by atoms with Crippen molar-refractivity contribution >= 4 is 5.97 Å². The second-order valence-corrected chi connectivity index (χ2v) is 16.8. The summed E-state index contributed by atoms with van der Waals surface area (Å²) in [5.74, 6) is -1.68. The number of carbonyl (C=O) groups excluding carboxylic acids is 1. The van der Waals surface area contributed by atoms with Crippen molar-refractivity contribution in [3.63, 3.8) is 0 Å². The summed E-state index contributed by atoms with van der Waals surface area (Å²) in [5.41, 5.74) is -2.39. The van der Waals surface area contributed by atoms with E-state index < -0.39 is 83.8 Å². The molecule has 5 rings (SSSR count). The normalized spacial score (nSPS) is 54.0. The fourth-order valence-corrected chi connectivity index (χ4v) is 9.60. The lowest BCUT2D eigenvalue weighted by Crippen LogP contribution is -2.60. The second-order valence-electron chi connectivity index (χ2n) is 16.8. The van der Waals surface area contributed by atoms with Gasteiger partial charge in [-0.3, -0.25) is 4.79 Å². The molecule has 49 heavy (non-hydrogen) atoms. The van der Waals surface area contributed by atoms with Crippen LogP contribution >= 0.6 is 0 Å². The van der Waals surface area contributed by atoms with Crippen molar-refractivity contribution in [2.45, 2.75) is 185 Å². The van der Waals surface area contributed by atoms with Crippen LogP contribution in [0.2, 0.25) is 0 Å². The fourth-order valence-electron chi connectivity index (χ4n) is 9.60. The first-order valence-corrected chi connectivity index (χ1v) is 18.6. The van der Waals surface area contributed by atoms with Crippen molar-refractivity contribution in [2.75, 3.05) is 21.2 Å². The third-order valence-corrected chi connectivity index (χ3v) is 12.6. The highest BCUT2D eigenvalue weighted by Crippen LogP contribution is 2.52. The Balaban J connectivity index is 1.56. The number of hydrogen-bond acceptors (Lipinski definition) is 12. The number of epoxide rings is 1. The molecule has 5 heterocycles. The van der Waals surface area contributed by atoms with Crippen molar-refractivity contribution in [1.82, 2.24) is 4.90 Å². The number of nitrogens with zero attached hydrogens (tertiary/aromatic N) is 1. The molecule has 0 aromatic heterocycles. The maximum Gasteiger partial charge on any atom is 0.311 e. The number of hydrogen-bond donors (Lipinski definition) is 2. The van der Waals surface area contributed by atoms with Crippen LogP contribution in [0.15, 0.2) is 0 Å². The zero-order valence-electron chi connectivity index (χ0n) is 32.1. The first-order valence-electron chi connectivity index (χ1n) is 18.6. The lowest BCUT2D eigenvalue weighted by atomic mass is 9.77. The number of aliphatic hydroxyl groups excluding tert-OH is 2. The quantitative estimate of drug-likeness (QED) is 0.283. The van der Waals surface area contributed by atoms with Gasteiger partial charge in [0, 0.05) is 31.4 Å². The predicted molar refractivity (Wildman–Crippen MR) is 181 cm³/mol. The van der Waals surface area contributed by atoms with Gasteiger partial charge in [-0.05, 0) is 80.8 Å². The summed E-state index contributed by atoms with van der Waals surface area (Å²) in [4.78, 5) is 16.3. The van der Waals surface area contributed by atoms with E-state index in [1.54, 1.807) is 14.0 Å². The number of aliphatic hydroxyl groups is 2. The molecule has 12 heteroatoms. The number of rotatable bonds is 8. The molecule has 19 atom stereocenters. The molecule has 5 fully saturated rings. The number of likely N-dealkylation sites (N-methyl/N-ethyl adjacent to an activating group) is 1. The Morgan fingerprint density at radius 2 is 1.61 bits per heavy atom. The minimum absolute atomic E-state index is 0.0230. The van der Waals surface area contributed by atoms with Crippen molar-refractivity contribution < 1.29 is 52.9 Å². The van der Waals surface area contributed by atoms with E-state index in [0.29, 0.717) is 12.8 Å². The van der Waals surface area contributed by atoms with Crippen LogP contribution in [-0.4, -0.2) is 133 Å². The van der Waals surface area contributed by atoms with Crippen molar-refractivity contribution in [2.24, 2.45) is 23.7 Å². The summed E-state index contributed by atoms with van der Waals surface area (Å²) >= 11 is 0. The summed E-state index contributed by atoms with van der Waals surface area (Å²) in [6.07, 6.45) is -4.08. The standard InChI is InChI=1S/C37H65NO11/c1-14-25-37(10,48-25)32-20(4)28-18(2)16-36(9,49-28)31(47-34-27(39)24(38(11)12)15-19(3)43-34)21(5)29(22(6)33(41)46-32)45-26-17-35(8,42-13)30(40)23(7)44-26/h18-32,34,39-40H,14-17H2,1-13H3/t18?,19?,20-,21-,22+,23?,24?,25+,26-,27?,28?,29-,30-,31+,32+,34-,35?,36+,37+/m0/s1. The fraction of sp³-hybridized carbons (Fsp3) is 0.973. The van der Waals surface area contributed by atoms with E-state index in [-0.39, 0.29) is 42.6 Å². The molecule has 0 amide bonds. The van der Waals surface area contributed by atoms with Gasteiger partial charge < -0.3 is 53.0 Å². The summed E-state index contributed by atoms with van der Waals surface area (Å²) in [6.45, 7) is 19.9. The first-order chi connectivity index (χ1) is 22.8. The summed E-state index contributed by atoms with van der Waals surface area (Å²) < 4.78 is 51.9. The number of carbonyl (C=O) groups is 1. The van der Waals surface area contributed by atoms with E-state index in [1.807, 2.05) is 53.6 Å². The van der Waals surface area contributed by atoms with E-state index in [2.05, 4.69) is 27.7 Å². The molecule has 284 valence electrons. The molecule has 0 aliphatic carbocycles. The Morgan fingerprint density at radius 1 is 0.939 bits per heavy atom. The molecule has 2 N–H and O–H groups in total. The lowest BCUT2D eigenvalue weighted by molar-refractivity contribution is -0.318. The minimum Gasteiger partial charge on any atom is -0.459 e. The van der Waals surface area contributed by atoms with Crippen LogP contribution in [-0.2, 0) is 42.7 Å². The molecule has 7 unspecified atom stereocenters. The second kappa shape index (κ2) is 14.5. The highest BCUT2D eigenvalue weighted by Gasteiger charge is 2.64. The van der Waals surface area contributed by atoms with Gasteiger partial charge in [0.2, 0.25) is 0 Å². The molecule has 0 radical (unpaired) electrons. The largest absolute Gasteiger partial charge is 0.459 e. The van der Waals surface area contributed by atoms with Crippen molar-refractivity contribution in [3.8, 4) is 0 Å². The van der Waals surface area contributed by atoms with Crippen LogP contribution in [0.4, 0.5) is 0 Å². The maximum absolute atomic E-state index is 14.3. The topological polar surface area (TPSA) is 138 Å². The summed E-state index contributed by atoms with van der Waals surface area (Å²) in [6, 6.07) is -0.168. The molecular weight excluding hydrogens is 634 g/mol. The molecule has 5 saturated heterocycles. The van der Waals surface area contributed by atoms with Crippen molar-refractivity contribution in [3.05, 3.63) is 0 Å². The number of esters is 1. The molecule has 5 aliphatic heterocycles. The molecule has 0 saturated carbocycles. The van der Waals surface area contributed by atoms with Crippen LogP contribution in [0.5, 0.6) is 0 Å². The van der Waals surface area contributed by atoms with Crippen LogP contribution in [0.1, 0.15) is 94.9 Å². The molecule has 0 spiro atoms. The van der Waals surface area contributed by atoms with Gasteiger partial charge in [0.15, 0.2) is 12.6 Å². The third-order valence-electron chi connectivity index (χ3n) is 12.6. The van der Waals surface area contributed by atoms with E-state index in [0.717, 1.165) is 6.42 Å². The molecule has 12 nitrogen and oxygen atoms in total. The Labute approximate surface area is 293 Å². The average molecular weight is 700 g/mol. The van der Waals surface area contributed by atoms with E-state index in [9.17, 15) is 15.0 Å². The molecule has 5 aliphatic rings. The van der Waals surface area contributed by atoms with Gasteiger partial charge >= 0.3 is 5.97 Å². The molecule has 0 aromatic rings. The van der Waals surface area contributed by atoms with Gasteiger partial charge in [0.25, 0.3) is 0 Å². The highest BCUT2D eigenvalue weighted by atomic mass is 16.7. The SMILES string of the molecule is CC[C@H]1O[C@@]1(C)[C@@H]1OC(=O)[C@H](C)[C@@H](O[C@H]2CC(C)(OC)[C@@H](O)C(C)O2)[C@H](C)[C@@H](O[C@@H]2OC(C)CC(N(C)C)C2O)[C@@]2(C)CC(C)C(O2)[C@@H]1C. The molecule has 0 aromatic carbocycles. The zero-order valence-corrected chi connectivity index (χ0v) is 32.1. The van der Waals surface area contributed by atoms with Gasteiger partial charge in [-0.15, -0.1) is 0 Å². The van der Waals surface area contributed by atoms with Crippen LogP contribution in [0.25, 0.3) is 0 Å². The third kappa shape index (κ3) is 7.35. The van der Waals surface area contributed by atoms with Crippen LogP contribution in [0, 0.1) is 23.7 Å². The number of cyclic esters (lactones) is 1. The number of ether oxygens (including phenoxy) is 8. The number of methoxy groups -OCH3 is 1. The Morgan fingerprint density at radius 3 is 2.20 bits per heavy atom. The van der Waals surface area contributed by atoms with E-state index in [1.165, 1.54) is 0 Å². The van der Waals surface area contributed by atoms with Gasteiger partial charge in [-0.1, -0.05) is 27.7 Å². The van der Waals surface area contributed by atoms with E-state index in [4.69, 9.17) is 37.9 Å². The Kier molecular flexibility index (Phi) is 11.6. The van der Waals surface area contributed by atoms with Gasteiger partial charge in [-0.2, -0.15) is 0 Å². The minimum atomic E-state index is -0.932. The zero-order chi connectivity index (χ0) is 36.4. The van der Waals surface area contributed by atoms with Gasteiger partial charge in [0.05, 0.1) is 53.7 Å². The number of fused-ring (bicyclic) bond motifs is 2. The van der Waals surface area contributed by atoms with E-state index >= 15 is 0 Å². The summed E-state index contributed by atoms with van der Waals surface area (Å²) in [7, 11) is 5.46. The van der Waals surface area contributed by atoms with Gasteiger partial charge in [-0.25, -0.2) is 0 Å². The average Bonchev–Trinajstić information content (AvgIpc) is 3.62. The molecular formula is C37H65NO11. The lowest BCUT2D eigenvalue weighted by Gasteiger charge is -2.48. The highest BCUT2D eigenvalue weighted by molar-refractivity contribution is 5.73. The maximum atomic E-state index is 14.3. The van der Waals surface area contributed by atoms with Crippen LogP contribution < -0.4 is 0 Å². The molecule has 2 bridgehead atoms. The monoisotopic (exact) mass is 699 g/mol. The van der Waals surface area contributed by atoms with Crippen LogP contribution in [0.3, 0.4) is 0 Å². The van der Waals surface area contributed by atoms with Crippen molar-refractivity contribution in [1.29, 1.82) is 0 Å².